The number of hydrogen-bond donors (Lipinski definition) is 1. The van der Waals surface area contributed by atoms with E-state index in [0.29, 0.717) is 11.8 Å². The second-order valence-electron chi connectivity index (χ2n) is 5.27. The van der Waals surface area contributed by atoms with Gasteiger partial charge in [-0.15, -0.1) is 0 Å². The van der Waals surface area contributed by atoms with Gasteiger partial charge in [0.1, 0.15) is 11.6 Å². The van der Waals surface area contributed by atoms with E-state index in [1.54, 1.807) is 7.11 Å². The summed E-state index contributed by atoms with van der Waals surface area (Å²) in [5.74, 6) is 2.88. The molecule has 0 unspecified atom stereocenters. The fourth-order valence-electron chi connectivity index (χ4n) is 2.06. The van der Waals surface area contributed by atoms with Crippen LogP contribution in [-0.4, -0.2) is 17.1 Å². The summed E-state index contributed by atoms with van der Waals surface area (Å²) < 4.78 is 5.25. The highest BCUT2D eigenvalue weighted by molar-refractivity contribution is 5.40. The number of benzene rings is 1. The second-order valence-corrected chi connectivity index (χ2v) is 5.27. The van der Waals surface area contributed by atoms with Crippen molar-refractivity contribution in [3.05, 3.63) is 47.3 Å². The highest BCUT2D eigenvalue weighted by Crippen LogP contribution is 2.39. The minimum absolute atomic E-state index is 0.519. The summed E-state index contributed by atoms with van der Waals surface area (Å²) >= 11 is 0. The van der Waals surface area contributed by atoms with E-state index in [4.69, 9.17) is 4.74 Å². The second kappa shape index (κ2) is 5.49. The zero-order chi connectivity index (χ0) is 13.9. The zero-order valence-electron chi connectivity index (χ0n) is 11.9. The molecule has 0 saturated heterocycles. The number of methoxy groups -OCH3 is 1. The van der Waals surface area contributed by atoms with Crippen molar-refractivity contribution in [3.63, 3.8) is 0 Å². The van der Waals surface area contributed by atoms with Gasteiger partial charge >= 0.3 is 0 Å². The van der Waals surface area contributed by atoms with Gasteiger partial charge in [0.15, 0.2) is 0 Å². The Labute approximate surface area is 119 Å². The van der Waals surface area contributed by atoms with Crippen LogP contribution < -0.4 is 10.1 Å². The summed E-state index contributed by atoms with van der Waals surface area (Å²) in [6, 6.07) is 10.3. The van der Waals surface area contributed by atoms with E-state index in [-0.39, 0.29) is 0 Å². The lowest BCUT2D eigenvalue weighted by Crippen LogP contribution is -2.05. The van der Waals surface area contributed by atoms with Gasteiger partial charge in [-0.05, 0) is 25.3 Å². The van der Waals surface area contributed by atoms with E-state index in [1.807, 2.05) is 6.07 Å². The molecule has 0 bridgehead atoms. The van der Waals surface area contributed by atoms with Crippen LogP contribution in [0.15, 0.2) is 30.3 Å². The topological polar surface area (TPSA) is 47.0 Å². The monoisotopic (exact) mass is 269 g/mol. The van der Waals surface area contributed by atoms with E-state index < -0.39 is 0 Å². The number of nitrogens with one attached hydrogen (secondary N) is 1. The normalized spacial score (nSPS) is 14.1. The SMILES string of the molecule is COc1cc(NCc2ccc(C)cc2)nc(C2CC2)n1. The standard InChI is InChI=1S/C16H19N3O/c1-11-3-5-12(6-4-11)10-17-14-9-15(20-2)19-16(18-14)13-7-8-13/h3-6,9,13H,7-8,10H2,1-2H3,(H,17,18,19). The minimum Gasteiger partial charge on any atom is -0.481 e. The predicted octanol–water partition coefficient (Wildman–Crippen LogP) is 3.28. The van der Waals surface area contributed by atoms with Crippen molar-refractivity contribution in [1.82, 2.24) is 9.97 Å². The molecule has 0 amide bonds. The molecule has 20 heavy (non-hydrogen) atoms. The lowest BCUT2D eigenvalue weighted by Gasteiger charge is -2.09. The van der Waals surface area contributed by atoms with Gasteiger partial charge in [0.05, 0.1) is 7.11 Å². The summed E-state index contributed by atoms with van der Waals surface area (Å²) in [5.41, 5.74) is 2.51. The van der Waals surface area contributed by atoms with Gasteiger partial charge in [-0.2, -0.15) is 4.98 Å². The van der Waals surface area contributed by atoms with Crippen LogP contribution in [0.3, 0.4) is 0 Å². The van der Waals surface area contributed by atoms with Gasteiger partial charge in [0.25, 0.3) is 0 Å². The number of anilines is 1. The van der Waals surface area contributed by atoms with Gasteiger partial charge in [-0.1, -0.05) is 29.8 Å². The molecule has 4 nitrogen and oxygen atoms in total. The molecule has 1 N–H and O–H groups in total. The van der Waals surface area contributed by atoms with Gasteiger partial charge in [0, 0.05) is 18.5 Å². The molecular formula is C16H19N3O. The molecule has 1 aromatic carbocycles. The lowest BCUT2D eigenvalue weighted by atomic mass is 10.1. The van der Waals surface area contributed by atoms with E-state index >= 15 is 0 Å². The Kier molecular flexibility index (Phi) is 3.54. The first-order valence-corrected chi connectivity index (χ1v) is 6.97. The third-order valence-corrected chi connectivity index (χ3v) is 3.47. The van der Waals surface area contributed by atoms with E-state index in [9.17, 15) is 0 Å². The average molecular weight is 269 g/mol. The summed E-state index contributed by atoms with van der Waals surface area (Å²) in [6.07, 6.45) is 2.37. The smallest absolute Gasteiger partial charge is 0.218 e. The Hall–Kier alpha value is -2.10. The first-order chi connectivity index (χ1) is 9.74. The number of nitrogens with zero attached hydrogens (tertiary/aromatic N) is 2. The fraction of sp³-hybridized carbons (Fsp3) is 0.375. The van der Waals surface area contributed by atoms with Crippen LogP contribution in [0.25, 0.3) is 0 Å². The number of aromatic nitrogens is 2. The highest BCUT2D eigenvalue weighted by atomic mass is 16.5. The maximum Gasteiger partial charge on any atom is 0.218 e. The van der Waals surface area contributed by atoms with Crippen LogP contribution in [0.5, 0.6) is 5.88 Å². The summed E-state index contributed by atoms with van der Waals surface area (Å²) in [7, 11) is 1.64. The molecular weight excluding hydrogens is 250 g/mol. The highest BCUT2D eigenvalue weighted by Gasteiger charge is 2.27. The van der Waals surface area contributed by atoms with Crippen LogP contribution in [0, 0.1) is 6.92 Å². The Bertz CT molecular complexity index is 591. The number of rotatable bonds is 5. The van der Waals surface area contributed by atoms with Crippen molar-refractivity contribution in [2.75, 3.05) is 12.4 Å². The molecule has 4 heteroatoms. The van der Waals surface area contributed by atoms with Crippen LogP contribution >= 0.6 is 0 Å². The summed E-state index contributed by atoms with van der Waals surface area (Å²) in [6.45, 7) is 2.85. The van der Waals surface area contributed by atoms with Crippen LogP contribution in [0.4, 0.5) is 5.82 Å². The maximum absolute atomic E-state index is 5.25. The first-order valence-electron chi connectivity index (χ1n) is 6.97. The van der Waals surface area contributed by atoms with Gasteiger partial charge in [-0.3, -0.25) is 0 Å². The first kappa shape index (κ1) is 12.9. The van der Waals surface area contributed by atoms with E-state index in [2.05, 4.69) is 46.5 Å². The molecule has 0 atom stereocenters. The minimum atomic E-state index is 0.519. The molecule has 3 rings (SSSR count). The predicted molar refractivity (Wildman–Crippen MR) is 79.1 cm³/mol. The molecule has 1 saturated carbocycles. The van der Waals surface area contributed by atoms with Gasteiger partial charge < -0.3 is 10.1 Å². The Morgan fingerprint density at radius 1 is 1.20 bits per heavy atom. The molecule has 1 heterocycles. The summed E-state index contributed by atoms with van der Waals surface area (Å²) in [4.78, 5) is 8.98. The molecule has 0 radical (unpaired) electrons. The number of hydrogen-bond acceptors (Lipinski definition) is 4. The van der Waals surface area contributed by atoms with E-state index in [1.165, 1.54) is 24.0 Å². The Morgan fingerprint density at radius 3 is 2.60 bits per heavy atom. The Balaban J connectivity index is 1.72. The summed E-state index contributed by atoms with van der Waals surface area (Å²) in [5, 5.41) is 3.35. The number of aryl methyl sites for hydroxylation is 1. The molecule has 1 fully saturated rings. The quantitative estimate of drug-likeness (QED) is 0.905. The molecule has 1 aliphatic carbocycles. The fourth-order valence-corrected chi connectivity index (χ4v) is 2.06. The van der Waals surface area contributed by atoms with Crippen molar-refractivity contribution in [3.8, 4) is 5.88 Å². The molecule has 104 valence electrons. The van der Waals surface area contributed by atoms with Gasteiger partial charge in [0.2, 0.25) is 5.88 Å². The van der Waals surface area contributed by atoms with Crippen molar-refractivity contribution < 1.29 is 4.74 Å². The lowest BCUT2D eigenvalue weighted by molar-refractivity contribution is 0.395. The number of ether oxygens (including phenoxy) is 1. The van der Waals surface area contributed by atoms with Crippen LogP contribution in [-0.2, 0) is 6.54 Å². The van der Waals surface area contributed by atoms with Crippen LogP contribution in [0.1, 0.15) is 35.7 Å². The molecule has 1 aromatic heterocycles. The Morgan fingerprint density at radius 2 is 1.95 bits per heavy atom. The van der Waals surface area contributed by atoms with Gasteiger partial charge in [-0.25, -0.2) is 4.98 Å². The maximum atomic E-state index is 5.25. The molecule has 0 aliphatic heterocycles. The van der Waals surface area contributed by atoms with Crippen molar-refractivity contribution in [2.24, 2.45) is 0 Å². The van der Waals surface area contributed by atoms with E-state index in [0.717, 1.165) is 18.2 Å². The van der Waals surface area contributed by atoms with Crippen LogP contribution in [0.2, 0.25) is 0 Å². The zero-order valence-corrected chi connectivity index (χ0v) is 11.9. The molecule has 0 spiro atoms. The van der Waals surface area contributed by atoms with Crippen molar-refractivity contribution in [2.45, 2.75) is 32.2 Å². The van der Waals surface area contributed by atoms with Crippen molar-refractivity contribution in [1.29, 1.82) is 0 Å². The molecule has 2 aromatic rings. The average Bonchev–Trinajstić information content (AvgIpc) is 3.31. The third-order valence-electron chi connectivity index (χ3n) is 3.47. The third kappa shape index (κ3) is 3.07. The molecule has 1 aliphatic rings. The largest absolute Gasteiger partial charge is 0.481 e. The van der Waals surface area contributed by atoms with Crippen molar-refractivity contribution >= 4 is 5.82 Å².